The average molecular weight is 739 g/mol. The van der Waals surface area contributed by atoms with Crippen LogP contribution in [0.1, 0.15) is 0 Å². The van der Waals surface area contributed by atoms with Crippen molar-refractivity contribution in [3.63, 3.8) is 0 Å². The molecule has 0 radical (unpaired) electrons. The van der Waals surface area contributed by atoms with Crippen molar-refractivity contribution in [2.45, 2.75) is 0 Å². The molecule has 11 aromatic rings. The Balaban J connectivity index is 1.11. The molecule has 1 aromatic heterocycles. The average Bonchev–Trinajstić information content (AvgIpc) is 3.64. The molecule has 0 aliphatic carbocycles. The molecular weight excluding hydrogens is 701 g/mol. The Labute approximate surface area is 338 Å². The maximum Gasteiger partial charge on any atom is 0.0546 e. The van der Waals surface area contributed by atoms with E-state index in [1.165, 1.54) is 76.7 Å². The number of rotatable bonds is 7. The largest absolute Gasteiger partial charge is 0.310 e. The third-order valence-corrected chi connectivity index (χ3v) is 11.6. The van der Waals surface area contributed by atoms with E-state index in [1.54, 1.807) is 0 Å². The molecule has 0 N–H and O–H groups in total. The normalized spacial score (nSPS) is 11.4. The topological polar surface area (TPSA) is 8.17 Å². The van der Waals surface area contributed by atoms with Crippen molar-refractivity contribution >= 4 is 60.4 Å². The van der Waals surface area contributed by atoms with Crippen molar-refractivity contribution in [2.75, 3.05) is 4.90 Å². The number of fused-ring (bicyclic) bond motifs is 6. The number of hydrogen-bond acceptors (Lipinski definition) is 1. The Kier molecular flexibility index (Phi) is 8.19. The fraction of sp³-hybridized carbons (Fsp3) is 0. The van der Waals surface area contributed by atoms with Crippen molar-refractivity contribution in [1.29, 1.82) is 0 Å². The van der Waals surface area contributed by atoms with Gasteiger partial charge in [0.1, 0.15) is 0 Å². The van der Waals surface area contributed by atoms with Gasteiger partial charge in [0, 0.05) is 33.2 Å². The van der Waals surface area contributed by atoms with Gasteiger partial charge in [-0.05, 0) is 104 Å². The highest BCUT2D eigenvalue weighted by Crippen LogP contribution is 2.45. The first-order valence-electron chi connectivity index (χ1n) is 19.9. The summed E-state index contributed by atoms with van der Waals surface area (Å²) in [6.45, 7) is 0. The second kappa shape index (κ2) is 14.1. The number of hydrogen-bond donors (Lipinski definition) is 0. The highest BCUT2D eigenvalue weighted by molar-refractivity contribution is 6.15. The minimum Gasteiger partial charge on any atom is -0.310 e. The Bertz CT molecular complexity index is 3220. The Morgan fingerprint density at radius 1 is 0.293 bits per heavy atom. The lowest BCUT2D eigenvalue weighted by Gasteiger charge is -2.29. The molecule has 0 saturated carbocycles. The second-order valence-electron chi connectivity index (χ2n) is 14.9. The van der Waals surface area contributed by atoms with Gasteiger partial charge in [-0.2, -0.15) is 0 Å². The highest BCUT2D eigenvalue weighted by Gasteiger charge is 2.20. The van der Waals surface area contributed by atoms with Crippen molar-refractivity contribution < 1.29 is 0 Å². The standard InChI is InChI=1S/C56H38N2/c1-3-16-39(17-4-1)42-21-15-22-45(36-42)57(56-37-43-20-7-8-23-47(43)49-24-9-10-25-50(49)56)46-34-35-48(53(38-46)40-18-5-2-6-19-40)41-30-32-44(33-31-41)58-54-28-13-11-26-51(54)52-27-12-14-29-55(52)58/h1-38H. The number of aromatic nitrogens is 1. The van der Waals surface area contributed by atoms with E-state index in [2.05, 4.69) is 240 Å². The first kappa shape index (κ1) is 33.6. The minimum absolute atomic E-state index is 1.09. The van der Waals surface area contributed by atoms with Gasteiger partial charge in [0.25, 0.3) is 0 Å². The zero-order chi connectivity index (χ0) is 38.4. The van der Waals surface area contributed by atoms with Crippen LogP contribution < -0.4 is 4.90 Å². The maximum absolute atomic E-state index is 2.45. The molecule has 0 bridgehead atoms. The maximum atomic E-state index is 2.45. The van der Waals surface area contributed by atoms with E-state index in [-0.39, 0.29) is 0 Å². The molecule has 0 aliphatic rings. The molecule has 0 spiro atoms. The van der Waals surface area contributed by atoms with Crippen LogP contribution in [0.3, 0.4) is 0 Å². The predicted molar refractivity (Wildman–Crippen MR) is 247 cm³/mol. The van der Waals surface area contributed by atoms with Gasteiger partial charge in [0.15, 0.2) is 0 Å². The molecule has 11 rings (SSSR count). The van der Waals surface area contributed by atoms with E-state index >= 15 is 0 Å². The predicted octanol–water partition coefficient (Wildman–Crippen LogP) is 15.6. The Morgan fingerprint density at radius 3 is 1.53 bits per heavy atom. The Hall–Kier alpha value is -7.68. The van der Waals surface area contributed by atoms with Crippen LogP contribution in [-0.4, -0.2) is 4.57 Å². The van der Waals surface area contributed by atoms with E-state index in [9.17, 15) is 0 Å². The molecule has 0 atom stereocenters. The third-order valence-electron chi connectivity index (χ3n) is 11.6. The van der Waals surface area contributed by atoms with Gasteiger partial charge in [-0.25, -0.2) is 0 Å². The van der Waals surface area contributed by atoms with Crippen LogP contribution in [0.15, 0.2) is 231 Å². The summed E-state index contributed by atoms with van der Waals surface area (Å²) in [7, 11) is 0. The van der Waals surface area contributed by atoms with Crippen LogP contribution in [-0.2, 0) is 0 Å². The fourth-order valence-electron chi connectivity index (χ4n) is 8.87. The molecule has 0 unspecified atom stereocenters. The van der Waals surface area contributed by atoms with Gasteiger partial charge in [-0.1, -0.05) is 176 Å². The van der Waals surface area contributed by atoms with E-state index in [4.69, 9.17) is 0 Å². The van der Waals surface area contributed by atoms with Gasteiger partial charge < -0.3 is 9.47 Å². The van der Waals surface area contributed by atoms with E-state index in [0.29, 0.717) is 0 Å². The summed E-state index contributed by atoms with van der Waals surface area (Å²) in [6, 6.07) is 83.8. The van der Waals surface area contributed by atoms with Gasteiger partial charge in [-0.15, -0.1) is 0 Å². The number of para-hydroxylation sites is 2. The summed E-state index contributed by atoms with van der Waals surface area (Å²) in [4.78, 5) is 2.45. The molecule has 10 aromatic carbocycles. The molecule has 58 heavy (non-hydrogen) atoms. The summed E-state index contributed by atoms with van der Waals surface area (Å²) in [5.74, 6) is 0. The van der Waals surface area contributed by atoms with Crippen LogP contribution >= 0.6 is 0 Å². The minimum atomic E-state index is 1.09. The number of benzene rings is 10. The quantitative estimate of drug-likeness (QED) is 0.148. The SMILES string of the molecule is c1ccc(-c2cccc(N(c3ccc(-c4ccc(-n5c6ccccc6c6ccccc65)cc4)c(-c4ccccc4)c3)c3cc4ccccc4c4ccccc34)c2)cc1. The lowest BCUT2D eigenvalue weighted by atomic mass is 9.93. The lowest BCUT2D eigenvalue weighted by molar-refractivity contribution is 1.18. The van der Waals surface area contributed by atoms with Gasteiger partial charge in [-0.3, -0.25) is 0 Å². The van der Waals surface area contributed by atoms with E-state index < -0.39 is 0 Å². The molecule has 0 amide bonds. The molecule has 272 valence electrons. The molecule has 0 saturated heterocycles. The number of anilines is 3. The first-order chi connectivity index (χ1) is 28.8. The van der Waals surface area contributed by atoms with Gasteiger partial charge >= 0.3 is 0 Å². The van der Waals surface area contributed by atoms with Crippen molar-refractivity contribution in [3.8, 4) is 39.1 Å². The van der Waals surface area contributed by atoms with Gasteiger partial charge in [0.2, 0.25) is 0 Å². The van der Waals surface area contributed by atoms with E-state index in [0.717, 1.165) is 22.7 Å². The summed E-state index contributed by atoms with van der Waals surface area (Å²) in [5.41, 5.74) is 14.0. The van der Waals surface area contributed by atoms with Crippen LogP contribution in [0, 0.1) is 0 Å². The zero-order valence-corrected chi connectivity index (χ0v) is 31.8. The molecule has 1 heterocycles. The summed E-state index contributed by atoms with van der Waals surface area (Å²) >= 11 is 0. The second-order valence-corrected chi connectivity index (χ2v) is 14.9. The number of nitrogens with zero attached hydrogens (tertiary/aromatic N) is 2. The molecule has 0 aliphatic heterocycles. The van der Waals surface area contributed by atoms with Crippen molar-refractivity contribution in [2.24, 2.45) is 0 Å². The van der Waals surface area contributed by atoms with Crippen molar-refractivity contribution in [3.05, 3.63) is 231 Å². The van der Waals surface area contributed by atoms with Gasteiger partial charge in [0.05, 0.1) is 16.7 Å². The zero-order valence-electron chi connectivity index (χ0n) is 31.8. The first-order valence-corrected chi connectivity index (χ1v) is 19.9. The lowest BCUT2D eigenvalue weighted by Crippen LogP contribution is -2.11. The summed E-state index contributed by atoms with van der Waals surface area (Å²) < 4.78 is 2.38. The fourth-order valence-corrected chi connectivity index (χ4v) is 8.87. The Morgan fingerprint density at radius 2 is 0.828 bits per heavy atom. The summed E-state index contributed by atoms with van der Waals surface area (Å²) in [5, 5.41) is 7.44. The summed E-state index contributed by atoms with van der Waals surface area (Å²) in [6.07, 6.45) is 0. The molecular formula is C56H38N2. The molecule has 0 fully saturated rings. The molecule has 2 heteroatoms. The van der Waals surface area contributed by atoms with Crippen LogP contribution in [0.5, 0.6) is 0 Å². The van der Waals surface area contributed by atoms with E-state index in [1.807, 2.05) is 0 Å². The van der Waals surface area contributed by atoms with Crippen LogP contribution in [0.25, 0.3) is 82.4 Å². The third kappa shape index (κ3) is 5.74. The monoisotopic (exact) mass is 738 g/mol. The smallest absolute Gasteiger partial charge is 0.0546 e. The van der Waals surface area contributed by atoms with Crippen LogP contribution in [0.4, 0.5) is 17.1 Å². The molecule has 2 nitrogen and oxygen atoms in total. The van der Waals surface area contributed by atoms with Crippen LogP contribution in [0.2, 0.25) is 0 Å². The highest BCUT2D eigenvalue weighted by atomic mass is 15.1. The van der Waals surface area contributed by atoms with Crippen molar-refractivity contribution in [1.82, 2.24) is 4.57 Å².